The van der Waals surface area contributed by atoms with Crippen LogP contribution in [0.4, 0.5) is 17.2 Å². The highest BCUT2D eigenvalue weighted by Gasteiger charge is 2.18. The number of hydrogen-bond acceptors (Lipinski definition) is 5. The van der Waals surface area contributed by atoms with Crippen LogP contribution in [0.25, 0.3) is 5.82 Å². The Kier molecular flexibility index (Phi) is 5.09. The average molecular weight is 362 g/mol. The minimum absolute atomic E-state index is 0.0993. The number of benzene rings is 1. The maximum absolute atomic E-state index is 12.1. The van der Waals surface area contributed by atoms with Crippen molar-refractivity contribution in [3.63, 3.8) is 0 Å². The predicted molar refractivity (Wildman–Crippen MR) is 104 cm³/mol. The SMILES string of the molecule is O=C(CC1CCCC1)Nc1ccc(Nc2cc(-n3cccn3)ncn2)cc1. The van der Waals surface area contributed by atoms with Gasteiger partial charge in [0, 0.05) is 36.3 Å². The molecule has 138 valence electrons. The maximum atomic E-state index is 12.1. The van der Waals surface area contributed by atoms with E-state index in [0.717, 1.165) is 11.4 Å². The quantitative estimate of drug-likeness (QED) is 0.694. The highest BCUT2D eigenvalue weighted by atomic mass is 16.1. The van der Waals surface area contributed by atoms with Gasteiger partial charge in [-0.25, -0.2) is 14.6 Å². The van der Waals surface area contributed by atoms with E-state index in [9.17, 15) is 4.79 Å². The van der Waals surface area contributed by atoms with Gasteiger partial charge < -0.3 is 10.6 Å². The Hall–Kier alpha value is -3.22. The Morgan fingerprint density at radius 2 is 1.89 bits per heavy atom. The number of nitrogens with zero attached hydrogens (tertiary/aromatic N) is 4. The first-order valence-corrected chi connectivity index (χ1v) is 9.25. The van der Waals surface area contributed by atoms with E-state index in [2.05, 4.69) is 25.7 Å². The van der Waals surface area contributed by atoms with Gasteiger partial charge in [-0.15, -0.1) is 0 Å². The smallest absolute Gasteiger partial charge is 0.224 e. The lowest BCUT2D eigenvalue weighted by atomic mass is 10.0. The van der Waals surface area contributed by atoms with E-state index in [0.29, 0.717) is 24.0 Å². The molecule has 0 spiro atoms. The van der Waals surface area contributed by atoms with Gasteiger partial charge in [0.25, 0.3) is 0 Å². The second-order valence-corrected chi connectivity index (χ2v) is 6.82. The van der Waals surface area contributed by atoms with Crippen LogP contribution in [0.5, 0.6) is 0 Å². The fourth-order valence-corrected chi connectivity index (χ4v) is 3.42. The van der Waals surface area contributed by atoms with Crippen LogP contribution in [0.1, 0.15) is 32.1 Å². The van der Waals surface area contributed by atoms with Crippen molar-refractivity contribution >= 4 is 23.1 Å². The molecule has 0 bridgehead atoms. The van der Waals surface area contributed by atoms with Crippen LogP contribution < -0.4 is 10.6 Å². The van der Waals surface area contributed by atoms with E-state index < -0.39 is 0 Å². The summed E-state index contributed by atoms with van der Waals surface area (Å²) < 4.78 is 1.68. The molecule has 4 rings (SSSR count). The molecule has 7 nitrogen and oxygen atoms in total. The normalized spacial score (nSPS) is 14.2. The number of amides is 1. The van der Waals surface area contributed by atoms with Crippen LogP contribution in [-0.2, 0) is 4.79 Å². The molecule has 27 heavy (non-hydrogen) atoms. The van der Waals surface area contributed by atoms with Gasteiger partial charge in [0.1, 0.15) is 12.1 Å². The zero-order valence-electron chi connectivity index (χ0n) is 15.0. The predicted octanol–water partition coefficient (Wildman–Crippen LogP) is 3.92. The summed E-state index contributed by atoms with van der Waals surface area (Å²) in [6, 6.07) is 11.3. The number of nitrogens with one attached hydrogen (secondary N) is 2. The van der Waals surface area contributed by atoms with Crippen LogP contribution in [-0.4, -0.2) is 25.7 Å². The summed E-state index contributed by atoms with van der Waals surface area (Å²) in [5, 5.41) is 10.4. The summed E-state index contributed by atoms with van der Waals surface area (Å²) in [7, 11) is 0. The van der Waals surface area contributed by atoms with Crippen molar-refractivity contribution in [1.29, 1.82) is 0 Å². The van der Waals surface area contributed by atoms with Gasteiger partial charge in [0.15, 0.2) is 5.82 Å². The average Bonchev–Trinajstić information content (AvgIpc) is 3.37. The standard InChI is InChI=1S/C20H22N6O/c27-20(12-15-4-1-2-5-15)25-17-8-6-16(7-9-17)24-18-13-19(22-14-21-18)26-11-3-10-23-26/h3,6-11,13-15H,1-2,4-5,12H2,(H,25,27)(H,21,22,24). The van der Waals surface area contributed by atoms with Crippen molar-refractivity contribution in [2.75, 3.05) is 10.6 Å². The largest absolute Gasteiger partial charge is 0.340 e. The van der Waals surface area contributed by atoms with Crippen LogP contribution in [0.15, 0.2) is 55.1 Å². The molecule has 1 aliphatic rings. The first kappa shape index (κ1) is 17.2. The first-order chi connectivity index (χ1) is 13.3. The maximum Gasteiger partial charge on any atom is 0.224 e. The van der Waals surface area contributed by atoms with Crippen molar-refractivity contribution in [2.45, 2.75) is 32.1 Å². The summed E-state index contributed by atoms with van der Waals surface area (Å²) in [6.45, 7) is 0. The summed E-state index contributed by atoms with van der Waals surface area (Å²) in [6.07, 6.45) is 10.5. The molecule has 2 N–H and O–H groups in total. The van der Waals surface area contributed by atoms with Crippen LogP contribution >= 0.6 is 0 Å². The molecule has 1 saturated carbocycles. The number of hydrogen-bond donors (Lipinski definition) is 2. The van der Waals surface area contributed by atoms with E-state index in [1.807, 2.05) is 42.6 Å². The van der Waals surface area contributed by atoms with Crippen LogP contribution in [0.2, 0.25) is 0 Å². The number of anilines is 3. The van der Waals surface area contributed by atoms with Gasteiger partial charge >= 0.3 is 0 Å². The third-order valence-corrected chi connectivity index (χ3v) is 4.78. The van der Waals surface area contributed by atoms with Crippen LogP contribution in [0.3, 0.4) is 0 Å². The lowest BCUT2D eigenvalue weighted by molar-refractivity contribution is -0.117. The molecular formula is C20H22N6O. The van der Waals surface area contributed by atoms with Crippen molar-refractivity contribution < 1.29 is 4.79 Å². The number of carbonyl (C=O) groups excluding carboxylic acids is 1. The van der Waals surface area contributed by atoms with E-state index in [1.165, 1.54) is 32.0 Å². The summed E-state index contributed by atoms with van der Waals surface area (Å²) in [5.74, 6) is 2.01. The molecule has 3 aromatic rings. The Labute approximate surface area is 157 Å². The van der Waals surface area contributed by atoms with E-state index in [4.69, 9.17) is 0 Å². The Morgan fingerprint density at radius 3 is 2.63 bits per heavy atom. The van der Waals surface area contributed by atoms with Gasteiger partial charge in [-0.05, 0) is 49.1 Å². The van der Waals surface area contributed by atoms with E-state index in [1.54, 1.807) is 10.9 Å². The Morgan fingerprint density at radius 1 is 1.11 bits per heavy atom. The van der Waals surface area contributed by atoms with Gasteiger partial charge in [-0.2, -0.15) is 5.10 Å². The molecule has 1 fully saturated rings. The zero-order chi connectivity index (χ0) is 18.5. The number of carbonyl (C=O) groups is 1. The van der Waals surface area contributed by atoms with Gasteiger partial charge in [0.2, 0.25) is 5.91 Å². The lowest BCUT2D eigenvalue weighted by Gasteiger charge is -2.11. The van der Waals surface area contributed by atoms with Crippen molar-refractivity contribution in [3.05, 3.63) is 55.1 Å². The summed E-state index contributed by atoms with van der Waals surface area (Å²) in [4.78, 5) is 20.6. The molecule has 2 aromatic heterocycles. The van der Waals surface area contributed by atoms with Gasteiger partial charge in [0.05, 0.1) is 0 Å². The fraction of sp³-hybridized carbons (Fsp3) is 0.300. The molecule has 0 unspecified atom stereocenters. The number of aromatic nitrogens is 4. The monoisotopic (exact) mass is 362 g/mol. The minimum Gasteiger partial charge on any atom is -0.340 e. The van der Waals surface area contributed by atoms with Gasteiger partial charge in [-0.3, -0.25) is 4.79 Å². The Bertz CT molecular complexity index is 885. The van der Waals surface area contributed by atoms with E-state index >= 15 is 0 Å². The Balaban J connectivity index is 1.36. The first-order valence-electron chi connectivity index (χ1n) is 9.25. The molecule has 0 atom stereocenters. The third-order valence-electron chi connectivity index (χ3n) is 4.78. The zero-order valence-corrected chi connectivity index (χ0v) is 15.0. The van der Waals surface area contributed by atoms with Crippen molar-refractivity contribution in [1.82, 2.24) is 19.7 Å². The molecular weight excluding hydrogens is 340 g/mol. The molecule has 0 saturated heterocycles. The molecule has 1 aromatic carbocycles. The lowest BCUT2D eigenvalue weighted by Crippen LogP contribution is -2.15. The minimum atomic E-state index is 0.0993. The molecule has 1 aliphatic carbocycles. The topological polar surface area (TPSA) is 84.7 Å². The fourth-order valence-electron chi connectivity index (χ4n) is 3.42. The molecule has 0 aliphatic heterocycles. The second kappa shape index (κ2) is 7.99. The number of rotatable bonds is 6. The van der Waals surface area contributed by atoms with E-state index in [-0.39, 0.29) is 5.91 Å². The third kappa shape index (κ3) is 4.49. The molecule has 7 heteroatoms. The highest BCUT2D eigenvalue weighted by Crippen LogP contribution is 2.28. The molecule has 0 radical (unpaired) electrons. The summed E-state index contributed by atoms with van der Waals surface area (Å²) in [5.41, 5.74) is 1.69. The molecule has 2 heterocycles. The van der Waals surface area contributed by atoms with Crippen LogP contribution in [0, 0.1) is 5.92 Å². The van der Waals surface area contributed by atoms with Crippen molar-refractivity contribution in [2.24, 2.45) is 5.92 Å². The van der Waals surface area contributed by atoms with Gasteiger partial charge in [-0.1, -0.05) is 12.8 Å². The molecule has 1 amide bonds. The second-order valence-electron chi connectivity index (χ2n) is 6.82. The highest BCUT2D eigenvalue weighted by molar-refractivity contribution is 5.91. The summed E-state index contributed by atoms with van der Waals surface area (Å²) >= 11 is 0. The van der Waals surface area contributed by atoms with Crippen molar-refractivity contribution in [3.8, 4) is 5.82 Å².